The van der Waals surface area contributed by atoms with Gasteiger partial charge in [-0.25, -0.2) is 19.6 Å². The molecule has 1 saturated heterocycles. The van der Waals surface area contributed by atoms with Crippen molar-refractivity contribution in [2.24, 2.45) is 17.4 Å². The van der Waals surface area contributed by atoms with Crippen LogP contribution in [0.15, 0.2) is 61.4 Å². The molecule has 13 nitrogen and oxygen atoms in total. The zero-order valence-electron chi connectivity index (χ0n) is 26.0. The third-order valence-corrected chi connectivity index (χ3v) is 8.52. The molecule has 0 spiro atoms. The number of rotatable bonds is 5. The predicted octanol–water partition coefficient (Wildman–Crippen LogP) is 4.46. The number of aromatic nitrogens is 4. The van der Waals surface area contributed by atoms with Gasteiger partial charge in [0.05, 0.1) is 19.0 Å². The first kappa shape index (κ1) is 31.7. The van der Waals surface area contributed by atoms with Gasteiger partial charge in [-0.05, 0) is 79.8 Å². The number of amides is 4. The van der Waals surface area contributed by atoms with Crippen LogP contribution in [0.5, 0.6) is 11.5 Å². The Morgan fingerprint density at radius 3 is 1.85 bits per heavy atom. The normalized spacial score (nSPS) is 15.9. The minimum atomic E-state index is -0.481. The van der Waals surface area contributed by atoms with E-state index in [1.54, 1.807) is 37.1 Å². The Morgan fingerprint density at radius 1 is 0.766 bits per heavy atom. The number of carbonyl (C=O) groups is 2. The smallest absolute Gasteiger partial charge is 0.320 e. The molecule has 244 valence electrons. The zero-order valence-corrected chi connectivity index (χ0v) is 26.0. The third kappa shape index (κ3) is 7.58. The highest BCUT2D eigenvalue weighted by molar-refractivity contribution is 5.92. The third-order valence-electron chi connectivity index (χ3n) is 8.52. The standard InChI is InChI=1S/C20H24N4O3.C14H14N4O2/c21-20(25)24-5-1-2-15-8-16(11-23-19(15)24)17-9-18(12-22-10-17)27-13-14-3-6-26-7-4-14;15-14(20)18-3-1-2-9-4-10(7-17-13(9)18)11-5-12(19)8-16-6-11/h8-12,14H,1-7,13H2,(H2,21,25);4-8,19H,1-3H2,(H2,15,20). The zero-order chi connectivity index (χ0) is 32.8. The summed E-state index contributed by atoms with van der Waals surface area (Å²) in [5.41, 5.74) is 16.4. The van der Waals surface area contributed by atoms with Crippen LogP contribution in [-0.4, -0.2) is 70.0 Å². The van der Waals surface area contributed by atoms with Crippen molar-refractivity contribution in [1.29, 1.82) is 0 Å². The molecule has 4 aromatic heterocycles. The molecular weight excluding hydrogens is 600 g/mol. The van der Waals surface area contributed by atoms with Gasteiger partial charge in [0.1, 0.15) is 23.1 Å². The summed E-state index contributed by atoms with van der Waals surface area (Å²) in [7, 11) is 0. The van der Waals surface area contributed by atoms with E-state index in [4.69, 9.17) is 20.9 Å². The summed E-state index contributed by atoms with van der Waals surface area (Å²) in [6, 6.07) is 6.71. The number of pyridine rings is 4. The molecule has 0 aliphatic carbocycles. The molecule has 7 heterocycles. The molecule has 0 unspecified atom stereocenters. The van der Waals surface area contributed by atoms with E-state index >= 15 is 0 Å². The van der Waals surface area contributed by atoms with Crippen LogP contribution in [0.2, 0.25) is 0 Å². The molecule has 0 aromatic carbocycles. The summed E-state index contributed by atoms with van der Waals surface area (Å²) in [5, 5.41) is 9.48. The van der Waals surface area contributed by atoms with E-state index in [0.29, 0.717) is 37.3 Å². The van der Waals surface area contributed by atoms with Crippen molar-refractivity contribution < 1.29 is 24.2 Å². The predicted molar refractivity (Wildman–Crippen MR) is 176 cm³/mol. The van der Waals surface area contributed by atoms with Gasteiger partial charge in [-0.15, -0.1) is 0 Å². The maximum absolute atomic E-state index is 11.6. The number of aryl methyl sites for hydroxylation is 2. The maximum atomic E-state index is 11.6. The minimum Gasteiger partial charge on any atom is -0.506 e. The van der Waals surface area contributed by atoms with Crippen LogP contribution in [-0.2, 0) is 17.6 Å². The number of hydrogen-bond acceptors (Lipinski definition) is 9. The maximum Gasteiger partial charge on any atom is 0.320 e. The van der Waals surface area contributed by atoms with Crippen molar-refractivity contribution in [2.45, 2.75) is 38.5 Å². The van der Waals surface area contributed by atoms with E-state index in [-0.39, 0.29) is 5.75 Å². The topological polar surface area (TPSA) is 183 Å². The van der Waals surface area contributed by atoms with E-state index in [1.165, 1.54) is 16.0 Å². The van der Waals surface area contributed by atoms with Gasteiger partial charge in [-0.3, -0.25) is 19.8 Å². The van der Waals surface area contributed by atoms with Crippen molar-refractivity contribution in [2.75, 3.05) is 42.7 Å². The highest BCUT2D eigenvalue weighted by Gasteiger charge is 2.24. The van der Waals surface area contributed by atoms with E-state index in [9.17, 15) is 14.7 Å². The van der Waals surface area contributed by atoms with Crippen LogP contribution >= 0.6 is 0 Å². The fourth-order valence-electron chi connectivity index (χ4n) is 6.04. The Kier molecular flexibility index (Phi) is 9.72. The number of carbonyl (C=O) groups excluding carboxylic acids is 2. The lowest BCUT2D eigenvalue weighted by Gasteiger charge is -2.26. The van der Waals surface area contributed by atoms with Crippen LogP contribution in [0.1, 0.15) is 36.8 Å². The average molecular weight is 639 g/mol. The molecule has 3 aliphatic rings. The second-order valence-corrected chi connectivity index (χ2v) is 11.8. The van der Waals surface area contributed by atoms with Crippen LogP contribution in [0.4, 0.5) is 21.2 Å². The first-order valence-electron chi connectivity index (χ1n) is 15.8. The van der Waals surface area contributed by atoms with Crippen molar-refractivity contribution in [1.82, 2.24) is 19.9 Å². The number of fused-ring (bicyclic) bond motifs is 2. The molecule has 47 heavy (non-hydrogen) atoms. The summed E-state index contributed by atoms with van der Waals surface area (Å²) in [6.45, 7) is 3.53. The van der Waals surface area contributed by atoms with Crippen molar-refractivity contribution in [3.63, 3.8) is 0 Å². The van der Waals surface area contributed by atoms with Crippen molar-refractivity contribution >= 4 is 23.7 Å². The van der Waals surface area contributed by atoms with Crippen LogP contribution < -0.4 is 26.0 Å². The second kappa shape index (κ2) is 14.4. The highest BCUT2D eigenvalue weighted by atomic mass is 16.5. The number of aromatic hydroxyl groups is 1. The summed E-state index contributed by atoms with van der Waals surface area (Å²) in [6.07, 6.45) is 15.6. The summed E-state index contributed by atoms with van der Waals surface area (Å²) in [4.78, 5) is 43.1. The Labute approximate surface area is 272 Å². The minimum absolute atomic E-state index is 0.110. The number of urea groups is 2. The summed E-state index contributed by atoms with van der Waals surface area (Å²) >= 11 is 0. The molecule has 13 heteroatoms. The fraction of sp³-hybridized carbons (Fsp3) is 0.353. The average Bonchev–Trinajstić information content (AvgIpc) is 3.10. The molecule has 0 radical (unpaired) electrons. The molecule has 3 aliphatic heterocycles. The van der Waals surface area contributed by atoms with Gasteiger partial charge in [0.25, 0.3) is 0 Å². The van der Waals surface area contributed by atoms with E-state index in [0.717, 1.165) is 90.9 Å². The lowest BCUT2D eigenvalue weighted by molar-refractivity contribution is 0.0497. The second-order valence-electron chi connectivity index (χ2n) is 11.8. The molecule has 7 rings (SSSR count). The van der Waals surface area contributed by atoms with Gasteiger partial charge in [-0.1, -0.05) is 0 Å². The Bertz CT molecular complexity index is 1750. The van der Waals surface area contributed by atoms with Crippen molar-refractivity contribution in [3.8, 4) is 33.8 Å². The number of hydrogen-bond donors (Lipinski definition) is 3. The summed E-state index contributed by atoms with van der Waals surface area (Å²) < 4.78 is 11.4. The number of ether oxygens (including phenoxy) is 2. The first-order valence-corrected chi connectivity index (χ1v) is 15.8. The van der Waals surface area contributed by atoms with Crippen LogP contribution in [0.3, 0.4) is 0 Å². The van der Waals surface area contributed by atoms with E-state index in [2.05, 4.69) is 26.0 Å². The molecule has 4 amide bonds. The molecular formula is C34H38N8O5. The van der Waals surface area contributed by atoms with E-state index < -0.39 is 12.1 Å². The fourth-order valence-corrected chi connectivity index (χ4v) is 6.04. The van der Waals surface area contributed by atoms with Gasteiger partial charge in [0.15, 0.2) is 0 Å². The highest BCUT2D eigenvalue weighted by Crippen LogP contribution is 2.32. The van der Waals surface area contributed by atoms with Gasteiger partial charge in [-0.2, -0.15) is 0 Å². The quantitative estimate of drug-likeness (QED) is 0.284. The number of nitrogens with zero attached hydrogens (tertiary/aromatic N) is 6. The van der Waals surface area contributed by atoms with Gasteiger partial charge in [0.2, 0.25) is 0 Å². The largest absolute Gasteiger partial charge is 0.506 e. The molecule has 0 saturated carbocycles. The monoisotopic (exact) mass is 638 g/mol. The number of nitrogens with two attached hydrogens (primary N) is 2. The summed E-state index contributed by atoms with van der Waals surface area (Å²) in [5.74, 6) is 2.69. The Balaban J connectivity index is 0.000000172. The Hall–Kier alpha value is -5.30. The molecule has 0 atom stereocenters. The van der Waals surface area contributed by atoms with Gasteiger partial charge < -0.3 is 26.0 Å². The van der Waals surface area contributed by atoms with Gasteiger partial charge >= 0.3 is 12.1 Å². The van der Waals surface area contributed by atoms with Gasteiger partial charge in [0, 0.05) is 73.3 Å². The molecule has 4 aromatic rings. The molecule has 5 N–H and O–H groups in total. The lowest BCUT2D eigenvalue weighted by Crippen LogP contribution is -2.40. The SMILES string of the molecule is NC(=O)N1CCCc2cc(-c3cncc(O)c3)cnc21.NC(=O)N1CCCc2cc(-c3cncc(OCC4CCOCC4)c3)cnc21. The van der Waals surface area contributed by atoms with E-state index in [1.807, 2.05) is 12.1 Å². The lowest BCUT2D eigenvalue weighted by atomic mass is 10.0. The van der Waals surface area contributed by atoms with Crippen molar-refractivity contribution in [3.05, 3.63) is 72.6 Å². The van der Waals surface area contributed by atoms with Crippen LogP contribution in [0, 0.1) is 5.92 Å². The molecule has 0 bridgehead atoms. The Morgan fingerprint density at radius 2 is 1.30 bits per heavy atom. The first-order chi connectivity index (χ1) is 22.9. The molecule has 1 fully saturated rings. The number of primary amides is 2. The van der Waals surface area contributed by atoms with Crippen LogP contribution in [0.25, 0.3) is 22.3 Å². The number of anilines is 2.